The van der Waals surface area contributed by atoms with E-state index in [0.29, 0.717) is 10.7 Å². The average molecular weight is 419 g/mol. The molecule has 0 bridgehead atoms. The van der Waals surface area contributed by atoms with Crippen LogP contribution in [0.3, 0.4) is 0 Å². The summed E-state index contributed by atoms with van der Waals surface area (Å²) in [5.74, 6) is 0.00743. The summed E-state index contributed by atoms with van der Waals surface area (Å²) in [5.41, 5.74) is -0.319. The van der Waals surface area contributed by atoms with E-state index in [0.717, 1.165) is 0 Å². The molecule has 10 heteroatoms. The molecule has 0 radical (unpaired) electrons. The highest BCUT2D eigenvalue weighted by Gasteiger charge is 2.35. The highest BCUT2D eigenvalue weighted by molar-refractivity contribution is 6.36. The second kappa shape index (κ2) is 8.67. The first-order chi connectivity index (χ1) is 12.6. The van der Waals surface area contributed by atoms with Crippen molar-refractivity contribution in [3.63, 3.8) is 0 Å². The number of carbonyl (C=O) groups is 2. The minimum Gasteiger partial charge on any atom is -0.434 e. The van der Waals surface area contributed by atoms with E-state index in [1.54, 1.807) is 39.8 Å². The summed E-state index contributed by atoms with van der Waals surface area (Å²) in [4.78, 5) is 23.6. The van der Waals surface area contributed by atoms with Gasteiger partial charge in [0.05, 0.1) is 23.7 Å². The smallest absolute Gasteiger partial charge is 0.434 e. The lowest BCUT2D eigenvalue weighted by Crippen LogP contribution is -2.34. The van der Waals surface area contributed by atoms with Crippen LogP contribution in [0.2, 0.25) is 10.0 Å². The van der Waals surface area contributed by atoms with E-state index in [4.69, 9.17) is 42.1 Å². The molecule has 148 valence electrons. The van der Waals surface area contributed by atoms with Crippen LogP contribution in [0, 0.1) is 0 Å². The van der Waals surface area contributed by atoms with Gasteiger partial charge in [-0.3, -0.25) is 0 Å². The lowest BCUT2D eigenvalue weighted by Gasteiger charge is -2.25. The summed E-state index contributed by atoms with van der Waals surface area (Å²) in [6.07, 6.45) is -2.73. The summed E-state index contributed by atoms with van der Waals surface area (Å²) in [6.45, 7) is 6.93. The van der Waals surface area contributed by atoms with E-state index < -0.39 is 24.1 Å². The molecule has 1 unspecified atom stereocenters. The number of hydrogen-bond donors (Lipinski definition) is 0. The SMILES string of the molecule is CCOC(=O)OC1=NN(c2ccc(Cl)cc2Cl)C(OC(=O)OC(C)(C)C)C1. The van der Waals surface area contributed by atoms with Crippen molar-refractivity contribution in [1.29, 1.82) is 0 Å². The predicted octanol–water partition coefficient (Wildman–Crippen LogP) is 4.97. The Morgan fingerprint density at radius 1 is 1.26 bits per heavy atom. The quantitative estimate of drug-likeness (QED) is 0.640. The second-order valence-electron chi connectivity index (χ2n) is 6.46. The van der Waals surface area contributed by atoms with Crippen LogP contribution in [0.4, 0.5) is 15.3 Å². The van der Waals surface area contributed by atoms with Gasteiger partial charge >= 0.3 is 12.3 Å². The number of benzene rings is 1. The summed E-state index contributed by atoms with van der Waals surface area (Å²) in [5, 5.41) is 6.19. The van der Waals surface area contributed by atoms with Crippen molar-refractivity contribution in [2.45, 2.75) is 45.9 Å². The van der Waals surface area contributed by atoms with E-state index in [2.05, 4.69) is 5.10 Å². The molecule has 0 aromatic heterocycles. The summed E-state index contributed by atoms with van der Waals surface area (Å²) in [7, 11) is 0. The van der Waals surface area contributed by atoms with Crippen molar-refractivity contribution in [1.82, 2.24) is 0 Å². The van der Waals surface area contributed by atoms with Gasteiger partial charge in [-0.05, 0) is 45.9 Å². The third-order valence-corrected chi connectivity index (χ3v) is 3.62. The van der Waals surface area contributed by atoms with Gasteiger partial charge < -0.3 is 18.9 Å². The lowest BCUT2D eigenvalue weighted by molar-refractivity contribution is -0.0246. The van der Waals surface area contributed by atoms with Crippen LogP contribution < -0.4 is 5.01 Å². The number of hydrogen-bond acceptors (Lipinski definition) is 8. The van der Waals surface area contributed by atoms with Crippen molar-refractivity contribution in [3.05, 3.63) is 28.2 Å². The fraction of sp³-hybridized carbons (Fsp3) is 0.471. The van der Waals surface area contributed by atoms with E-state index in [-0.39, 0.29) is 23.9 Å². The fourth-order valence-corrected chi connectivity index (χ4v) is 2.61. The van der Waals surface area contributed by atoms with E-state index in [9.17, 15) is 9.59 Å². The molecule has 0 spiro atoms. The molecule has 1 aliphatic rings. The Morgan fingerprint density at radius 3 is 2.56 bits per heavy atom. The van der Waals surface area contributed by atoms with Gasteiger partial charge in [-0.2, -0.15) is 0 Å². The van der Waals surface area contributed by atoms with Crippen molar-refractivity contribution in [2.24, 2.45) is 5.10 Å². The molecule has 0 N–H and O–H groups in total. The maximum absolute atomic E-state index is 12.1. The Morgan fingerprint density at radius 2 is 1.96 bits per heavy atom. The van der Waals surface area contributed by atoms with Crippen molar-refractivity contribution in [2.75, 3.05) is 11.6 Å². The molecule has 0 aliphatic carbocycles. The van der Waals surface area contributed by atoms with Gasteiger partial charge in [-0.15, -0.1) is 5.10 Å². The van der Waals surface area contributed by atoms with Crippen LogP contribution in [-0.2, 0) is 18.9 Å². The monoisotopic (exact) mass is 418 g/mol. The van der Waals surface area contributed by atoms with E-state index >= 15 is 0 Å². The number of nitrogens with zero attached hydrogens (tertiary/aromatic N) is 2. The molecule has 0 saturated heterocycles. The molecule has 1 aliphatic heterocycles. The topological polar surface area (TPSA) is 86.7 Å². The number of anilines is 1. The maximum Gasteiger partial charge on any atom is 0.514 e. The predicted molar refractivity (Wildman–Crippen MR) is 100 cm³/mol. The zero-order chi connectivity index (χ0) is 20.2. The molecule has 1 aromatic rings. The standard InChI is InChI=1S/C17H20Cl2N2O6/c1-5-24-15(22)25-13-9-14(26-16(23)27-17(2,3)4)21(20-13)12-7-6-10(18)8-11(12)19/h6-8,14H,5,9H2,1-4H3. The zero-order valence-electron chi connectivity index (χ0n) is 15.3. The Kier molecular flexibility index (Phi) is 6.78. The highest BCUT2D eigenvalue weighted by Crippen LogP contribution is 2.34. The molecule has 27 heavy (non-hydrogen) atoms. The number of halogens is 2. The molecule has 1 aromatic carbocycles. The van der Waals surface area contributed by atoms with Gasteiger partial charge in [0, 0.05) is 5.02 Å². The number of ether oxygens (including phenoxy) is 4. The van der Waals surface area contributed by atoms with Crippen molar-refractivity contribution >= 4 is 47.1 Å². The van der Waals surface area contributed by atoms with Crippen LogP contribution in [-0.4, -0.2) is 36.6 Å². The number of hydrazone groups is 1. The van der Waals surface area contributed by atoms with E-state index in [1.807, 2.05) is 0 Å². The third kappa shape index (κ3) is 6.18. The van der Waals surface area contributed by atoms with Gasteiger partial charge in [0.15, 0.2) is 0 Å². The van der Waals surface area contributed by atoms with Gasteiger partial charge in [0.2, 0.25) is 12.1 Å². The average Bonchev–Trinajstić information content (AvgIpc) is 2.87. The van der Waals surface area contributed by atoms with Gasteiger partial charge in [0.1, 0.15) is 5.60 Å². The first-order valence-corrected chi connectivity index (χ1v) is 8.90. The minimum atomic E-state index is -0.928. The number of rotatable bonds is 3. The Balaban J connectivity index is 2.23. The summed E-state index contributed by atoms with van der Waals surface area (Å²) < 4.78 is 20.3. The van der Waals surface area contributed by atoms with Crippen LogP contribution >= 0.6 is 23.2 Å². The molecule has 1 atom stereocenters. The van der Waals surface area contributed by atoms with Crippen LogP contribution in [0.25, 0.3) is 0 Å². The molecular weight excluding hydrogens is 399 g/mol. The molecule has 0 saturated carbocycles. The molecular formula is C17H20Cl2N2O6. The first kappa shape index (κ1) is 21.1. The summed E-state index contributed by atoms with van der Waals surface area (Å²) in [6, 6.07) is 4.72. The highest BCUT2D eigenvalue weighted by atomic mass is 35.5. The number of carbonyl (C=O) groups excluding carboxylic acids is 2. The van der Waals surface area contributed by atoms with Crippen LogP contribution in [0.1, 0.15) is 34.1 Å². The largest absolute Gasteiger partial charge is 0.514 e. The maximum atomic E-state index is 12.1. The summed E-state index contributed by atoms with van der Waals surface area (Å²) >= 11 is 12.1. The fourth-order valence-electron chi connectivity index (χ4n) is 2.12. The normalized spacial score (nSPS) is 16.6. The second-order valence-corrected chi connectivity index (χ2v) is 7.30. The molecule has 0 fully saturated rings. The van der Waals surface area contributed by atoms with Crippen LogP contribution in [0.5, 0.6) is 0 Å². The lowest BCUT2D eigenvalue weighted by atomic mass is 10.2. The Hall–Kier alpha value is -2.19. The van der Waals surface area contributed by atoms with Gasteiger partial charge in [-0.1, -0.05) is 23.2 Å². The molecule has 1 heterocycles. The van der Waals surface area contributed by atoms with Gasteiger partial charge in [-0.25, -0.2) is 14.6 Å². The zero-order valence-corrected chi connectivity index (χ0v) is 16.8. The molecule has 8 nitrogen and oxygen atoms in total. The molecule has 2 rings (SSSR count). The minimum absolute atomic E-state index is 0.00296. The Bertz CT molecular complexity index is 747. The third-order valence-electron chi connectivity index (χ3n) is 3.08. The Labute approximate surface area is 166 Å². The van der Waals surface area contributed by atoms with E-state index in [1.165, 1.54) is 11.1 Å². The van der Waals surface area contributed by atoms with Gasteiger partial charge in [0.25, 0.3) is 0 Å². The van der Waals surface area contributed by atoms with Crippen LogP contribution in [0.15, 0.2) is 23.3 Å². The van der Waals surface area contributed by atoms with Crippen molar-refractivity contribution in [3.8, 4) is 0 Å². The van der Waals surface area contributed by atoms with Crippen molar-refractivity contribution < 1.29 is 28.5 Å². The first-order valence-electron chi connectivity index (χ1n) is 8.15. The molecule has 0 amide bonds.